The minimum atomic E-state index is -0.563. The molecule has 0 saturated heterocycles. The first-order valence-corrected chi connectivity index (χ1v) is 4.74. The number of aromatic nitrogens is 2. The number of nitrogens with zero attached hydrogens (tertiary/aromatic N) is 2. The van der Waals surface area contributed by atoms with E-state index in [2.05, 4.69) is 5.32 Å². The number of nitrogens with two attached hydrogens (primary N) is 1. The van der Waals surface area contributed by atoms with Gasteiger partial charge >= 0.3 is 5.69 Å². The monoisotopic (exact) mass is 226 g/mol. The molecule has 0 spiro atoms. The molecule has 16 heavy (non-hydrogen) atoms. The molecule has 0 bridgehead atoms. The fourth-order valence-electron chi connectivity index (χ4n) is 1.29. The largest absolute Gasteiger partial charge is 0.393 e. The number of carbonyl (C=O) groups excluding carboxylic acids is 1. The van der Waals surface area contributed by atoms with Gasteiger partial charge in [0.15, 0.2) is 0 Å². The van der Waals surface area contributed by atoms with Crippen LogP contribution in [-0.2, 0) is 18.4 Å². The molecule has 0 aliphatic rings. The van der Waals surface area contributed by atoms with Crippen LogP contribution < -0.4 is 22.3 Å². The van der Waals surface area contributed by atoms with E-state index in [-0.39, 0.29) is 24.6 Å². The van der Waals surface area contributed by atoms with Gasteiger partial charge in [0.1, 0.15) is 5.69 Å². The number of amides is 1. The van der Waals surface area contributed by atoms with Gasteiger partial charge in [-0.1, -0.05) is 0 Å². The van der Waals surface area contributed by atoms with E-state index in [0.29, 0.717) is 0 Å². The average molecular weight is 226 g/mol. The Hall–Kier alpha value is -2.05. The van der Waals surface area contributed by atoms with Crippen LogP contribution in [0.4, 0.5) is 5.69 Å². The first kappa shape index (κ1) is 12.0. The number of aryl methyl sites for hydroxylation is 1. The minimum Gasteiger partial charge on any atom is -0.393 e. The van der Waals surface area contributed by atoms with E-state index in [4.69, 9.17) is 5.73 Å². The van der Waals surface area contributed by atoms with Gasteiger partial charge in [-0.2, -0.15) is 0 Å². The van der Waals surface area contributed by atoms with Crippen molar-refractivity contribution in [3.05, 3.63) is 27.0 Å². The van der Waals surface area contributed by atoms with E-state index in [0.717, 1.165) is 4.57 Å². The van der Waals surface area contributed by atoms with Crippen molar-refractivity contribution in [1.29, 1.82) is 0 Å². The summed E-state index contributed by atoms with van der Waals surface area (Å²) in [5, 5.41) is 2.41. The van der Waals surface area contributed by atoms with Crippen LogP contribution in [0.25, 0.3) is 0 Å². The van der Waals surface area contributed by atoms with Crippen molar-refractivity contribution >= 4 is 11.6 Å². The van der Waals surface area contributed by atoms with E-state index in [1.165, 1.54) is 24.9 Å². The molecule has 0 aliphatic carbocycles. The quantitative estimate of drug-likeness (QED) is 0.639. The van der Waals surface area contributed by atoms with Gasteiger partial charge in [-0.25, -0.2) is 4.79 Å². The van der Waals surface area contributed by atoms with Crippen LogP contribution >= 0.6 is 0 Å². The molecule has 1 aromatic heterocycles. The normalized spacial score (nSPS) is 10.1. The topological polar surface area (TPSA) is 99.1 Å². The number of hydrogen-bond donors (Lipinski definition) is 2. The SMILES string of the molecule is CNC(=O)CCn1c(=O)c(N)cn(C)c1=O. The molecule has 0 radical (unpaired) electrons. The molecule has 0 saturated carbocycles. The minimum absolute atomic E-state index is 0.0148. The van der Waals surface area contributed by atoms with Crippen LogP contribution in [0.3, 0.4) is 0 Å². The number of hydrogen-bond acceptors (Lipinski definition) is 4. The number of carbonyl (C=O) groups is 1. The summed E-state index contributed by atoms with van der Waals surface area (Å²) in [6, 6.07) is 0. The summed E-state index contributed by atoms with van der Waals surface area (Å²) >= 11 is 0. The summed E-state index contributed by atoms with van der Waals surface area (Å²) in [5.41, 5.74) is 4.37. The second kappa shape index (κ2) is 4.65. The molecule has 1 rings (SSSR count). The molecule has 7 nitrogen and oxygen atoms in total. The second-order valence-electron chi connectivity index (χ2n) is 3.36. The van der Waals surface area contributed by atoms with Crippen molar-refractivity contribution in [3.8, 4) is 0 Å². The van der Waals surface area contributed by atoms with Crippen molar-refractivity contribution in [2.24, 2.45) is 7.05 Å². The standard InChI is InChI=1S/C9H14N4O3/c1-11-7(14)3-4-13-8(15)6(10)5-12(2)9(13)16/h5H,3-4,10H2,1-2H3,(H,11,14). The van der Waals surface area contributed by atoms with Crippen LogP contribution in [0, 0.1) is 0 Å². The highest BCUT2D eigenvalue weighted by Gasteiger charge is 2.08. The van der Waals surface area contributed by atoms with Crippen LogP contribution in [0.15, 0.2) is 15.8 Å². The third-order valence-corrected chi connectivity index (χ3v) is 2.20. The Labute approximate surface area is 91.5 Å². The molecular weight excluding hydrogens is 212 g/mol. The van der Waals surface area contributed by atoms with Gasteiger partial charge in [0.05, 0.1) is 0 Å². The number of nitrogens with one attached hydrogen (secondary N) is 1. The first-order valence-electron chi connectivity index (χ1n) is 4.74. The van der Waals surface area contributed by atoms with Crippen molar-refractivity contribution in [1.82, 2.24) is 14.5 Å². The van der Waals surface area contributed by atoms with Crippen molar-refractivity contribution in [2.45, 2.75) is 13.0 Å². The lowest BCUT2D eigenvalue weighted by Gasteiger charge is -2.07. The van der Waals surface area contributed by atoms with Gasteiger partial charge in [0, 0.05) is 33.3 Å². The molecule has 3 N–H and O–H groups in total. The summed E-state index contributed by atoms with van der Waals surface area (Å²) in [4.78, 5) is 34.1. The summed E-state index contributed by atoms with van der Waals surface area (Å²) in [5.74, 6) is -0.239. The maximum Gasteiger partial charge on any atom is 0.330 e. The van der Waals surface area contributed by atoms with Crippen molar-refractivity contribution < 1.29 is 4.79 Å². The van der Waals surface area contributed by atoms with E-state index in [9.17, 15) is 14.4 Å². The zero-order valence-electron chi connectivity index (χ0n) is 9.19. The van der Waals surface area contributed by atoms with Gasteiger partial charge in [0.2, 0.25) is 5.91 Å². The number of nitrogen functional groups attached to an aromatic ring is 1. The third kappa shape index (κ3) is 2.30. The molecule has 7 heteroatoms. The fourth-order valence-corrected chi connectivity index (χ4v) is 1.29. The van der Waals surface area contributed by atoms with E-state index in [1.54, 1.807) is 0 Å². The first-order chi connectivity index (χ1) is 7.47. The van der Waals surface area contributed by atoms with Crippen LogP contribution in [0.2, 0.25) is 0 Å². The van der Waals surface area contributed by atoms with E-state index in [1.807, 2.05) is 0 Å². The van der Waals surface area contributed by atoms with Crippen molar-refractivity contribution in [3.63, 3.8) is 0 Å². The summed E-state index contributed by atoms with van der Waals surface area (Å²) in [6.07, 6.45) is 1.33. The maximum absolute atomic E-state index is 11.6. The van der Waals surface area contributed by atoms with Gasteiger partial charge in [-0.3, -0.25) is 14.2 Å². The van der Waals surface area contributed by atoms with Crippen LogP contribution in [-0.4, -0.2) is 22.1 Å². The molecule has 0 aliphatic heterocycles. The molecule has 88 valence electrons. The molecule has 0 fully saturated rings. The third-order valence-electron chi connectivity index (χ3n) is 2.20. The number of rotatable bonds is 3. The molecule has 1 aromatic rings. The zero-order valence-corrected chi connectivity index (χ0v) is 9.19. The molecule has 1 amide bonds. The lowest BCUT2D eigenvalue weighted by molar-refractivity contribution is -0.120. The summed E-state index contributed by atoms with van der Waals surface area (Å²) in [7, 11) is 2.98. The van der Waals surface area contributed by atoms with Crippen molar-refractivity contribution in [2.75, 3.05) is 12.8 Å². The summed E-state index contributed by atoms with van der Waals surface area (Å²) < 4.78 is 2.16. The second-order valence-corrected chi connectivity index (χ2v) is 3.36. The average Bonchev–Trinajstić information content (AvgIpc) is 2.26. The Bertz CT molecular complexity index is 480. The molecular formula is C9H14N4O3. The van der Waals surface area contributed by atoms with Gasteiger partial charge < -0.3 is 15.6 Å². The Kier molecular flexibility index (Phi) is 3.49. The predicted molar refractivity (Wildman–Crippen MR) is 59.0 cm³/mol. The summed E-state index contributed by atoms with van der Waals surface area (Å²) in [6.45, 7) is 0.0240. The predicted octanol–water partition coefficient (Wildman–Crippen LogP) is -1.73. The zero-order chi connectivity index (χ0) is 12.3. The van der Waals surface area contributed by atoms with Crippen LogP contribution in [0.5, 0.6) is 0 Å². The smallest absolute Gasteiger partial charge is 0.330 e. The fraction of sp³-hybridized carbons (Fsp3) is 0.444. The molecule has 0 aromatic carbocycles. The molecule has 1 heterocycles. The Morgan fingerprint density at radius 2 is 2.12 bits per heavy atom. The Morgan fingerprint density at radius 3 is 2.69 bits per heavy atom. The van der Waals surface area contributed by atoms with Gasteiger partial charge in [0.25, 0.3) is 5.56 Å². The lowest BCUT2D eigenvalue weighted by Crippen LogP contribution is -2.40. The Balaban J connectivity index is 3.09. The number of anilines is 1. The Morgan fingerprint density at radius 1 is 1.50 bits per heavy atom. The molecule has 0 atom stereocenters. The van der Waals surface area contributed by atoms with Gasteiger partial charge in [-0.15, -0.1) is 0 Å². The molecule has 0 unspecified atom stereocenters. The highest BCUT2D eigenvalue weighted by Crippen LogP contribution is 1.89. The van der Waals surface area contributed by atoms with E-state index >= 15 is 0 Å². The van der Waals surface area contributed by atoms with E-state index < -0.39 is 11.2 Å². The van der Waals surface area contributed by atoms with Gasteiger partial charge in [-0.05, 0) is 0 Å². The maximum atomic E-state index is 11.6. The highest BCUT2D eigenvalue weighted by molar-refractivity contribution is 5.75. The van der Waals surface area contributed by atoms with Crippen LogP contribution in [0.1, 0.15) is 6.42 Å². The lowest BCUT2D eigenvalue weighted by atomic mass is 10.4. The highest BCUT2D eigenvalue weighted by atomic mass is 16.2.